The molecule has 0 aromatic heterocycles. The number of hydrogen-bond donors (Lipinski definition) is 1. The summed E-state index contributed by atoms with van der Waals surface area (Å²) in [7, 11) is 0. The maximum Gasteiger partial charge on any atom is 0.0245 e. The topological polar surface area (TPSA) is 18.5 Å². The first kappa shape index (κ1) is 20.5. The molecule has 0 radical (unpaired) electrons. The number of benzene rings is 1. The molecule has 0 amide bonds. The van der Waals surface area contributed by atoms with Crippen molar-refractivity contribution >= 4 is 40.1 Å². The van der Waals surface area contributed by atoms with E-state index in [1.54, 1.807) is 0 Å². The molecule has 1 atom stereocenters. The lowest BCUT2D eigenvalue weighted by Crippen LogP contribution is -2.49. The quantitative estimate of drug-likeness (QED) is 0.709. The Labute approximate surface area is 165 Å². The summed E-state index contributed by atoms with van der Waals surface area (Å²) in [6.45, 7) is 12.8. The monoisotopic (exact) mass is 433 g/mol. The second kappa shape index (κ2) is 9.79. The normalized spacial score (nSPS) is 22.8. The maximum atomic E-state index is 3.62. The Bertz CT molecular complexity index is 523. The first-order valence-electron chi connectivity index (χ1n) is 8.74. The zero-order valence-electron chi connectivity index (χ0n) is 14.6. The predicted octanol–water partition coefficient (Wildman–Crippen LogP) is 3.85. The van der Waals surface area contributed by atoms with Crippen LogP contribution < -0.4 is 5.32 Å². The molecule has 0 aliphatic carbocycles. The highest BCUT2D eigenvalue weighted by Crippen LogP contribution is 2.31. The summed E-state index contributed by atoms with van der Waals surface area (Å²) in [5, 5.41) is 4.08. The van der Waals surface area contributed by atoms with Crippen LogP contribution in [0.2, 0.25) is 0 Å². The zero-order chi connectivity index (χ0) is 16.2. The van der Waals surface area contributed by atoms with E-state index in [2.05, 4.69) is 63.1 Å². The van der Waals surface area contributed by atoms with Gasteiger partial charge in [-0.2, -0.15) is 0 Å². The van der Waals surface area contributed by atoms with Gasteiger partial charge in [0, 0.05) is 66.5 Å². The van der Waals surface area contributed by atoms with Gasteiger partial charge in [-0.05, 0) is 24.1 Å². The zero-order valence-corrected chi connectivity index (χ0v) is 17.9. The second-order valence-corrected chi connectivity index (χ2v) is 9.42. The van der Waals surface area contributed by atoms with E-state index in [1.165, 1.54) is 47.5 Å². The van der Waals surface area contributed by atoms with Crippen LogP contribution in [0.4, 0.5) is 0 Å². The highest BCUT2D eigenvalue weighted by atomic mass is 79.9. The summed E-state index contributed by atoms with van der Waals surface area (Å²) >= 11 is 5.60. The summed E-state index contributed by atoms with van der Waals surface area (Å²) in [4.78, 5) is 6.75. The molecule has 2 aliphatic rings. The van der Waals surface area contributed by atoms with E-state index >= 15 is 0 Å². The first-order valence-corrected chi connectivity index (χ1v) is 10.4. The molecule has 3 nitrogen and oxygen atoms in total. The van der Waals surface area contributed by atoms with Gasteiger partial charge in [-0.1, -0.05) is 35.8 Å². The minimum absolute atomic E-state index is 0. The molecular formula is C18H29BrClN3S. The van der Waals surface area contributed by atoms with E-state index in [4.69, 9.17) is 0 Å². The van der Waals surface area contributed by atoms with Crippen LogP contribution in [0.1, 0.15) is 25.8 Å². The number of likely N-dealkylation sites (tertiary alicyclic amines) is 1. The third-order valence-electron chi connectivity index (χ3n) is 4.70. The van der Waals surface area contributed by atoms with Crippen molar-refractivity contribution < 1.29 is 0 Å². The van der Waals surface area contributed by atoms with Gasteiger partial charge in [0.05, 0.1) is 0 Å². The molecule has 2 saturated heterocycles. The Balaban J connectivity index is 0.00000208. The molecule has 3 rings (SSSR count). The number of halogens is 2. The van der Waals surface area contributed by atoms with E-state index in [0.717, 1.165) is 25.7 Å². The van der Waals surface area contributed by atoms with Crippen LogP contribution in [0.3, 0.4) is 0 Å². The van der Waals surface area contributed by atoms with Gasteiger partial charge in [0.1, 0.15) is 0 Å². The fourth-order valence-corrected chi connectivity index (χ4v) is 5.06. The number of hydrogen-bond acceptors (Lipinski definition) is 4. The minimum Gasteiger partial charge on any atom is -0.314 e. The van der Waals surface area contributed by atoms with Gasteiger partial charge >= 0.3 is 0 Å². The summed E-state index contributed by atoms with van der Waals surface area (Å²) in [5.74, 6) is 0. The van der Waals surface area contributed by atoms with Crippen molar-refractivity contribution in [2.24, 2.45) is 0 Å². The molecule has 2 fully saturated rings. The molecule has 1 aromatic carbocycles. The molecular weight excluding hydrogens is 406 g/mol. The molecule has 0 saturated carbocycles. The third kappa shape index (κ3) is 5.61. The fourth-order valence-electron chi connectivity index (χ4n) is 3.56. The summed E-state index contributed by atoms with van der Waals surface area (Å²) in [6.07, 6.45) is 1.32. The molecule has 2 heterocycles. The fraction of sp³-hybridized carbons (Fsp3) is 0.667. The average Bonchev–Trinajstić information content (AvgIpc) is 2.99. The Morgan fingerprint density at radius 3 is 2.71 bits per heavy atom. The SMILES string of the molecule is CC(C)Sc1cc(Br)ccc1CN1CCC(N2CCNCC2)C1.Cl. The van der Waals surface area contributed by atoms with Crippen LogP contribution in [-0.2, 0) is 6.54 Å². The molecule has 0 bridgehead atoms. The predicted molar refractivity (Wildman–Crippen MR) is 111 cm³/mol. The Morgan fingerprint density at radius 2 is 2.00 bits per heavy atom. The molecule has 136 valence electrons. The van der Waals surface area contributed by atoms with Gasteiger partial charge in [-0.3, -0.25) is 9.80 Å². The van der Waals surface area contributed by atoms with Crippen molar-refractivity contribution in [3.05, 3.63) is 28.2 Å². The lowest BCUT2D eigenvalue weighted by Gasteiger charge is -2.32. The van der Waals surface area contributed by atoms with Crippen LogP contribution in [0, 0.1) is 0 Å². The summed E-state index contributed by atoms with van der Waals surface area (Å²) < 4.78 is 1.18. The summed E-state index contributed by atoms with van der Waals surface area (Å²) in [5.41, 5.74) is 1.48. The van der Waals surface area contributed by atoms with Gasteiger partial charge in [-0.15, -0.1) is 24.2 Å². The number of rotatable bonds is 5. The van der Waals surface area contributed by atoms with Gasteiger partial charge in [-0.25, -0.2) is 0 Å². The lowest BCUT2D eigenvalue weighted by molar-refractivity contribution is 0.170. The third-order valence-corrected chi connectivity index (χ3v) is 6.30. The molecule has 0 spiro atoms. The number of nitrogens with zero attached hydrogens (tertiary/aromatic N) is 2. The molecule has 6 heteroatoms. The van der Waals surface area contributed by atoms with Crippen LogP contribution in [0.15, 0.2) is 27.6 Å². The van der Waals surface area contributed by atoms with Gasteiger partial charge in [0.15, 0.2) is 0 Å². The van der Waals surface area contributed by atoms with E-state index in [1.807, 2.05) is 11.8 Å². The van der Waals surface area contributed by atoms with Crippen molar-refractivity contribution in [3.8, 4) is 0 Å². The Hall–Kier alpha value is 0.220. The molecule has 2 aliphatic heterocycles. The van der Waals surface area contributed by atoms with E-state index in [-0.39, 0.29) is 12.4 Å². The van der Waals surface area contributed by atoms with Crippen LogP contribution in [0.5, 0.6) is 0 Å². The average molecular weight is 435 g/mol. The second-order valence-electron chi connectivity index (χ2n) is 6.88. The highest BCUT2D eigenvalue weighted by Gasteiger charge is 2.28. The highest BCUT2D eigenvalue weighted by molar-refractivity contribution is 9.10. The molecule has 1 N–H and O–H groups in total. The first-order chi connectivity index (χ1) is 11.1. The number of nitrogens with one attached hydrogen (secondary N) is 1. The molecule has 1 unspecified atom stereocenters. The maximum absolute atomic E-state index is 3.62. The molecule has 1 aromatic rings. The smallest absolute Gasteiger partial charge is 0.0245 e. The van der Waals surface area contributed by atoms with Crippen molar-refractivity contribution in [3.63, 3.8) is 0 Å². The van der Waals surface area contributed by atoms with E-state index < -0.39 is 0 Å². The van der Waals surface area contributed by atoms with Crippen molar-refractivity contribution in [2.75, 3.05) is 39.3 Å². The summed E-state index contributed by atoms with van der Waals surface area (Å²) in [6, 6.07) is 7.52. The van der Waals surface area contributed by atoms with Crippen molar-refractivity contribution in [2.45, 2.75) is 43.0 Å². The van der Waals surface area contributed by atoms with Gasteiger partial charge in [0.25, 0.3) is 0 Å². The van der Waals surface area contributed by atoms with Crippen LogP contribution >= 0.6 is 40.1 Å². The standard InChI is InChI=1S/C18H28BrN3S.ClH/c1-14(2)23-18-11-16(19)4-3-15(18)12-21-8-5-17(13-21)22-9-6-20-7-10-22;/h3-4,11,14,17,20H,5-10,12-13H2,1-2H3;1H. The Kier molecular flexibility index (Phi) is 8.38. The number of thioether (sulfide) groups is 1. The van der Waals surface area contributed by atoms with Crippen LogP contribution in [0.25, 0.3) is 0 Å². The Morgan fingerprint density at radius 1 is 1.25 bits per heavy atom. The van der Waals surface area contributed by atoms with Crippen molar-refractivity contribution in [1.82, 2.24) is 15.1 Å². The van der Waals surface area contributed by atoms with Gasteiger partial charge in [0.2, 0.25) is 0 Å². The van der Waals surface area contributed by atoms with Crippen LogP contribution in [-0.4, -0.2) is 60.4 Å². The van der Waals surface area contributed by atoms with E-state index in [9.17, 15) is 0 Å². The van der Waals surface area contributed by atoms with Crippen molar-refractivity contribution in [1.29, 1.82) is 0 Å². The molecule has 24 heavy (non-hydrogen) atoms. The van der Waals surface area contributed by atoms with E-state index in [0.29, 0.717) is 5.25 Å². The minimum atomic E-state index is 0. The number of piperazine rings is 1. The lowest BCUT2D eigenvalue weighted by atomic mass is 10.2. The van der Waals surface area contributed by atoms with Gasteiger partial charge < -0.3 is 5.32 Å². The largest absolute Gasteiger partial charge is 0.314 e.